The van der Waals surface area contributed by atoms with E-state index in [2.05, 4.69) is 4.98 Å². The summed E-state index contributed by atoms with van der Waals surface area (Å²) >= 11 is 6.21. The van der Waals surface area contributed by atoms with Gasteiger partial charge in [-0.3, -0.25) is 4.79 Å². The third-order valence-electron chi connectivity index (χ3n) is 3.39. The third kappa shape index (κ3) is 3.01. The molecule has 5 radical (unpaired) electrons. The molecule has 1 aliphatic carbocycles. The van der Waals surface area contributed by atoms with Gasteiger partial charge in [-0.25, -0.2) is 4.98 Å². The molecule has 0 amide bonds. The number of hydrogen-bond donors (Lipinski definition) is 0. The lowest BCUT2D eigenvalue weighted by Crippen LogP contribution is -2.05. The second-order valence-electron chi connectivity index (χ2n) is 4.89. The zero-order valence-electron chi connectivity index (χ0n) is 11.5. The molecular weight excluding hydrogens is 282 g/mol. The molecule has 1 heterocycles. The van der Waals surface area contributed by atoms with Crippen molar-refractivity contribution in [2.45, 2.75) is 6.92 Å². The Kier molecular flexibility index (Phi) is 4.07. The zero-order chi connectivity index (χ0) is 14.8. The summed E-state index contributed by atoms with van der Waals surface area (Å²) in [6.07, 6.45) is 10.5. The lowest BCUT2D eigenvalue weighted by atomic mass is 10.0. The first-order valence-electron chi connectivity index (χ1n) is 6.65. The minimum absolute atomic E-state index is 0.0413. The Hall–Kier alpha value is -1.67. The van der Waals surface area contributed by atoms with Gasteiger partial charge in [0.2, 0.25) is 0 Å². The minimum Gasteiger partial charge on any atom is -0.294 e. The summed E-state index contributed by atoms with van der Waals surface area (Å²) in [7, 11) is 0. The van der Waals surface area contributed by atoms with Crippen molar-refractivity contribution in [2.75, 3.05) is 0 Å². The van der Waals surface area contributed by atoms with Gasteiger partial charge in [0.1, 0.15) is 5.15 Å². The Bertz CT molecular complexity index is 714. The fourth-order valence-corrected chi connectivity index (χ4v) is 2.46. The van der Waals surface area contributed by atoms with Crippen LogP contribution in [0.3, 0.4) is 0 Å². The zero-order valence-corrected chi connectivity index (χ0v) is 12.3. The fourth-order valence-electron chi connectivity index (χ4n) is 2.26. The first-order valence-corrected chi connectivity index (χ1v) is 7.03. The van der Waals surface area contributed by atoms with Gasteiger partial charge in [-0.1, -0.05) is 29.8 Å². The average Bonchev–Trinajstić information content (AvgIpc) is 3.00. The van der Waals surface area contributed by atoms with Crippen molar-refractivity contribution >= 4 is 34.4 Å². The highest BCUT2D eigenvalue weighted by atomic mass is 35.5. The highest BCUT2D eigenvalue weighted by Crippen LogP contribution is 2.26. The molecule has 1 aromatic carbocycles. The van der Waals surface area contributed by atoms with E-state index in [1.54, 1.807) is 18.9 Å². The molecule has 2 aromatic rings. The van der Waals surface area contributed by atoms with E-state index in [-0.39, 0.29) is 5.78 Å². The van der Waals surface area contributed by atoms with Gasteiger partial charge in [0, 0.05) is 10.9 Å². The van der Waals surface area contributed by atoms with Crippen molar-refractivity contribution in [2.24, 2.45) is 0 Å². The summed E-state index contributed by atoms with van der Waals surface area (Å²) in [4.78, 5) is 16.4. The van der Waals surface area contributed by atoms with Gasteiger partial charge in [0.15, 0.2) is 5.78 Å². The van der Waals surface area contributed by atoms with E-state index < -0.39 is 0 Å². The molecule has 0 atom stereocenters. The number of nitrogens with zero attached hydrogens (tertiary/aromatic N) is 1. The summed E-state index contributed by atoms with van der Waals surface area (Å²) < 4.78 is 0. The van der Waals surface area contributed by atoms with E-state index in [0.717, 1.165) is 22.0 Å². The quantitative estimate of drug-likeness (QED) is 0.628. The van der Waals surface area contributed by atoms with Gasteiger partial charge >= 0.3 is 0 Å². The van der Waals surface area contributed by atoms with Gasteiger partial charge < -0.3 is 0 Å². The van der Waals surface area contributed by atoms with Crippen LogP contribution in [-0.4, -0.2) is 10.8 Å². The summed E-state index contributed by atoms with van der Waals surface area (Å²) in [5.41, 5.74) is 2.72. The smallest absolute Gasteiger partial charge is 0.163 e. The van der Waals surface area contributed by atoms with Crippen molar-refractivity contribution in [3.63, 3.8) is 0 Å². The van der Waals surface area contributed by atoms with Crippen LogP contribution < -0.4 is 0 Å². The number of benzene rings is 1. The highest BCUT2D eigenvalue weighted by Gasteiger charge is 2.22. The second-order valence-corrected chi connectivity index (χ2v) is 5.24. The van der Waals surface area contributed by atoms with E-state index in [9.17, 15) is 4.79 Å². The first-order chi connectivity index (χ1) is 10.1. The number of aromatic nitrogens is 1. The number of ketones is 1. The van der Waals surface area contributed by atoms with Crippen LogP contribution in [0.2, 0.25) is 5.15 Å². The standard InChI is InChI=1S/C18H13ClNO/c1-12-5-4-8-14-11-15(18(19)20-17(12)14)9-10-16(21)13-6-2-3-7-13/h2-11H,1H3/b10-9+. The minimum atomic E-state index is -0.0413. The largest absolute Gasteiger partial charge is 0.294 e. The number of carbonyl (C=O) groups excluding carboxylic acids is 1. The SMILES string of the molecule is Cc1cccc2cc(/C=C/C(=O)[C]3[CH][CH][CH][CH]3)c(Cl)nc12. The van der Waals surface area contributed by atoms with E-state index >= 15 is 0 Å². The molecular formula is C18H13ClNO. The number of carbonyl (C=O) groups is 1. The highest BCUT2D eigenvalue weighted by molar-refractivity contribution is 6.31. The third-order valence-corrected chi connectivity index (χ3v) is 3.69. The predicted octanol–water partition coefficient (Wildman–Crippen LogP) is 4.18. The van der Waals surface area contributed by atoms with Gasteiger partial charge in [-0.05, 0) is 56.4 Å². The number of para-hydroxylation sites is 1. The Labute approximate surface area is 129 Å². The Morgan fingerprint density at radius 1 is 1.24 bits per heavy atom. The molecule has 3 heteroatoms. The lowest BCUT2D eigenvalue weighted by Gasteiger charge is -2.05. The fraction of sp³-hybridized carbons (Fsp3) is 0.0556. The summed E-state index contributed by atoms with van der Waals surface area (Å²) in [5.74, 6) is 0.632. The van der Waals surface area contributed by atoms with Crippen LogP contribution in [0.4, 0.5) is 0 Å². The maximum Gasteiger partial charge on any atom is 0.163 e. The normalized spacial score (nSPS) is 16.1. The number of hydrogen-bond acceptors (Lipinski definition) is 2. The number of fused-ring (bicyclic) bond motifs is 1. The number of pyridine rings is 1. The van der Waals surface area contributed by atoms with Crippen molar-refractivity contribution in [3.8, 4) is 0 Å². The van der Waals surface area contributed by atoms with Crippen molar-refractivity contribution in [1.29, 1.82) is 0 Å². The van der Waals surface area contributed by atoms with Gasteiger partial charge in [0.25, 0.3) is 0 Å². The Morgan fingerprint density at radius 3 is 2.76 bits per heavy atom. The van der Waals surface area contributed by atoms with E-state index in [4.69, 9.17) is 11.6 Å². The molecule has 0 saturated heterocycles. The molecule has 3 rings (SSSR count). The van der Waals surface area contributed by atoms with Gasteiger partial charge in [-0.2, -0.15) is 0 Å². The van der Waals surface area contributed by atoms with Crippen LogP contribution in [0.25, 0.3) is 17.0 Å². The number of halogens is 1. The molecule has 103 valence electrons. The van der Waals surface area contributed by atoms with E-state index in [1.807, 2.05) is 44.0 Å². The Balaban J connectivity index is 1.90. The molecule has 1 saturated carbocycles. The van der Waals surface area contributed by atoms with Gasteiger partial charge in [0.05, 0.1) is 11.4 Å². The molecule has 21 heavy (non-hydrogen) atoms. The average molecular weight is 295 g/mol. The topological polar surface area (TPSA) is 30.0 Å². The molecule has 1 fully saturated rings. The molecule has 0 unspecified atom stereocenters. The first kappa shape index (κ1) is 14.3. The summed E-state index contributed by atoms with van der Waals surface area (Å²) in [5, 5.41) is 1.42. The number of rotatable bonds is 3. The molecule has 1 aromatic heterocycles. The summed E-state index contributed by atoms with van der Waals surface area (Å²) in [6, 6.07) is 7.92. The van der Waals surface area contributed by atoms with E-state index in [1.165, 1.54) is 6.08 Å². The van der Waals surface area contributed by atoms with Crippen LogP contribution in [-0.2, 0) is 4.79 Å². The molecule has 0 spiro atoms. The van der Waals surface area contributed by atoms with Crippen LogP contribution in [0.15, 0.2) is 30.3 Å². The van der Waals surface area contributed by atoms with Gasteiger partial charge in [-0.15, -0.1) is 0 Å². The molecule has 0 aliphatic heterocycles. The second kappa shape index (κ2) is 5.98. The maximum atomic E-state index is 12.0. The predicted molar refractivity (Wildman–Crippen MR) is 86.0 cm³/mol. The van der Waals surface area contributed by atoms with Crippen molar-refractivity contribution in [1.82, 2.24) is 4.98 Å². The summed E-state index contributed by atoms with van der Waals surface area (Å²) in [6.45, 7) is 2.00. The van der Waals surface area contributed by atoms with E-state index in [0.29, 0.717) is 11.1 Å². The number of allylic oxidation sites excluding steroid dienone is 1. The van der Waals surface area contributed by atoms with Crippen LogP contribution in [0, 0.1) is 38.5 Å². The molecule has 2 nitrogen and oxygen atoms in total. The van der Waals surface area contributed by atoms with Crippen molar-refractivity contribution < 1.29 is 4.79 Å². The van der Waals surface area contributed by atoms with Crippen LogP contribution in [0.1, 0.15) is 11.1 Å². The molecule has 0 bridgehead atoms. The Morgan fingerprint density at radius 2 is 2.00 bits per heavy atom. The van der Waals surface area contributed by atoms with Crippen molar-refractivity contribution in [3.05, 3.63) is 78.2 Å². The monoisotopic (exact) mass is 294 g/mol. The van der Waals surface area contributed by atoms with Crippen LogP contribution in [0.5, 0.6) is 0 Å². The lowest BCUT2D eigenvalue weighted by molar-refractivity contribution is -0.112. The number of aryl methyl sites for hydroxylation is 1. The molecule has 0 N–H and O–H groups in total. The maximum absolute atomic E-state index is 12.0. The molecule has 1 aliphatic rings. The van der Waals surface area contributed by atoms with Crippen LogP contribution >= 0.6 is 11.6 Å².